The predicted octanol–water partition coefficient (Wildman–Crippen LogP) is 3.06. The third kappa shape index (κ3) is 3.86. The van der Waals surface area contributed by atoms with Crippen LogP contribution in [-0.2, 0) is 13.8 Å². The number of hydrogen-bond donors (Lipinski definition) is 0. The molecule has 0 radical (unpaired) electrons. The van der Waals surface area contributed by atoms with Crippen molar-refractivity contribution >= 4 is 24.2 Å². The van der Waals surface area contributed by atoms with Crippen LogP contribution in [0, 0.1) is 0 Å². The van der Waals surface area contributed by atoms with Crippen LogP contribution < -0.4 is 0 Å². The molecule has 17 heavy (non-hydrogen) atoms. The minimum Gasteiger partial charge on any atom is -0.447 e. The number of rotatable bonds is 7. The van der Waals surface area contributed by atoms with Crippen LogP contribution in [0.5, 0.6) is 0 Å². The predicted molar refractivity (Wildman–Crippen MR) is 64.9 cm³/mol. The Morgan fingerprint density at radius 2 is 2.41 bits per heavy atom. The number of halogens is 1. The molecular formula is C9H17FNO4PS. The highest BCUT2D eigenvalue weighted by Gasteiger charge is 2.41. The molecule has 0 aromatic rings. The van der Waals surface area contributed by atoms with Gasteiger partial charge in [-0.2, -0.15) is 0 Å². The summed E-state index contributed by atoms with van der Waals surface area (Å²) in [6, 6.07) is 0. The maximum Gasteiger partial charge on any atom is 0.417 e. The van der Waals surface area contributed by atoms with Crippen molar-refractivity contribution in [3.05, 3.63) is 0 Å². The Morgan fingerprint density at radius 3 is 2.88 bits per heavy atom. The minimum atomic E-state index is -3.38. The molecule has 0 bridgehead atoms. The molecule has 1 aliphatic rings. The number of amides is 1. The molecule has 1 saturated heterocycles. The molecule has 0 aromatic heterocycles. The smallest absolute Gasteiger partial charge is 0.417 e. The fraction of sp³-hybridized carbons (Fsp3) is 0.889. The van der Waals surface area contributed by atoms with Crippen molar-refractivity contribution in [2.75, 3.05) is 26.4 Å². The van der Waals surface area contributed by atoms with Gasteiger partial charge in [0, 0.05) is 5.25 Å². The second kappa shape index (κ2) is 6.61. The van der Waals surface area contributed by atoms with E-state index in [4.69, 9.17) is 9.26 Å². The Balaban J connectivity index is 2.77. The maximum absolute atomic E-state index is 12.6. The van der Waals surface area contributed by atoms with Gasteiger partial charge in [0.15, 0.2) is 0 Å². The molecule has 100 valence electrons. The number of ether oxygens (including phenoxy) is 1. The van der Waals surface area contributed by atoms with Gasteiger partial charge in [-0.15, -0.1) is 0 Å². The first kappa shape index (κ1) is 14.8. The number of carbonyl (C=O) groups is 1. The lowest BCUT2D eigenvalue weighted by Crippen LogP contribution is -2.22. The van der Waals surface area contributed by atoms with Gasteiger partial charge in [-0.1, -0.05) is 13.8 Å². The summed E-state index contributed by atoms with van der Waals surface area (Å²) in [5.74, 6) is 0. The van der Waals surface area contributed by atoms with Gasteiger partial charge >= 0.3 is 12.8 Å². The highest BCUT2D eigenvalue weighted by Crippen LogP contribution is 2.65. The summed E-state index contributed by atoms with van der Waals surface area (Å²) in [4.78, 5) is 11.4. The summed E-state index contributed by atoms with van der Waals surface area (Å²) in [5, 5.41) is 0.0637. The van der Waals surface area contributed by atoms with E-state index in [1.165, 1.54) is 0 Å². The van der Waals surface area contributed by atoms with Gasteiger partial charge in [0.25, 0.3) is 0 Å². The standard InChI is InChI=1S/C9H17FNO4PS/c1-3-8(2)17-16(13,15-6-4-10)11-5-7-14-9(11)12/h8H,3-7H2,1-2H3. The largest absolute Gasteiger partial charge is 0.447 e. The Kier molecular flexibility index (Phi) is 5.76. The van der Waals surface area contributed by atoms with Crippen LogP contribution >= 0.6 is 18.1 Å². The highest BCUT2D eigenvalue weighted by molar-refractivity contribution is 8.56. The maximum atomic E-state index is 12.6. The number of cyclic esters (lactones) is 1. The Labute approximate surface area is 104 Å². The van der Waals surface area contributed by atoms with Crippen LogP contribution in [0.25, 0.3) is 0 Å². The van der Waals surface area contributed by atoms with E-state index in [0.717, 1.165) is 22.5 Å². The lowest BCUT2D eigenvalue weighted by Gasteiger charge is -2.26. The molecular weight excluding hydrogens is 268 g/mol. The van der Waals surface area contributed by atoms with Crippen LogP contribution in [0.3, 0.4) is 0 Å². The van der Waals surface area contributed by atoms with Crippen molar-refractivity contribution in [2.45, 2.75) is 25.5 Å². The van der Waals surface area contributed by atoms with E-state index in [0.29, 0.717) is 0 Å². The minimum absolute atomic E-state index is 0.0637. The second-order valence-corrected chi connectivity index (χ2v) is 8.26. The van der Waals surface area contributed by atoms with Crippen LogP contribution in [0.1, 0.15) is 20.3 Å². The van der Waals surface area contributed by atoms with Gasteiger partial charge in [-0.25, -0.2) is 13.9 Å². The molecule has 1 aliphatic heterocycles. The molecule has 8 heteroatoms. The zero-order valence-corrected chi connectivity index (χ0v) is 11.6. The molecule has 1 amide bonds. The first-order valence-corrected chi connectivity index (χ1v) is 8.53. The van der Waals surface area contributed by atoms with E-state index in [1.54, 1.807) is 0 Å². The van der Waals surface area contributed by atoms with Crippen molar-refractivity contribution in [3.63, 3.8) is 0 Å². The molecule has 5 nitrogen and oxygen atoms in total. The van der Waals surface area contributed by atoms with Crippen LogP contribution in [0.4, 0.5) is 9.18 Å². The van der Waals surface area contributed by atoms with Crippen molar-refractivity contribution in [1.82, 2.24) is 4.67 Å². The van der Waals surface area contributed by atoms with Gasteiger partial charge in [0.05, 0.1) is 13.2 Å². The van der Waals surface area contributed by atoms with Crippen molar-refractivity contribution in [3.8, 4) is 0 Å². The van der Waals surface area contributed by atoms with Gasteiger partial charge < -0.3 is 9.26 Å². The van der Waals surface area contributed by atoms with Gasteiger partial charge in [-0.05, 0) is 17.8 Å². The molecule has 0 aliphatic carbocycles. The topological polar surface area (TPSA) is 55.8 Å². The molecule has 1 fully saturated rings. The van der Waals surface area contributed by atoms with Crippen molar-refractivity contribution < 1.29 is 23.0 Å². The van der Waals surface area contributed by atoms with E-state index in [1.807, 2.05) is 13.8 Å². The summed E-state index contributed by atoms with van der Waals surface area (Å²) in [5.41, 5.74) is 0. The Hall–Kier alpha value is -0.260. The molecule has 2 atom stereocenters. The van der Waals surface area contributed by atoms with Crippen molar-refractivity contribution in [1.29, 1.82) is 0 Å². The lowest BCUT2D eigenvalue weighted by atomic mass is 10.4. The highest BCUT2D eigenvalue weighted by atomic mass is 32.7. The number of hydrogen-bond acceptors (Lipinski definition) is 5. The van der Waals surface area contributed by atoms with E-state index < -0.39 is 19.5 Å². The van der Waals surface area contributed by atoms with E-state index >= 15 is 0 Å². The third-order valence-corrected chi connectivity index (χ3v) is 7.46. The first-order valence-electron chi connectivity index (χ1n) is 5.47. The summed E-state index contributed by atoms with van der Waals surface area (Å²) >= 11 is 1.08. The molecule has 1 heterocycles. The molecule has 0 N–H and O–H groups in total. The van der Waals surface area contributed by atoms with E-state index in [9.17, 15) is 13.8 Å². The fourth-order valence-corrected chi connectivity index (χ4v) is 6.02. The zero-order chi connectivity index (χ0) is 12.9. The summed E-state index contributed by atoms with van der Waals surface area (Å²) < 4.78 is 35.6. The Morgan fingerprint density at radius 1 is 1.71 bits per heavy atom. The summed E-state index contributed by atoms with van der Waals surface area (Å²) in [6.45, 7) is -0.123. The third-order valence-electron chi connectivity index (χ3n) is 2.25. The molecule has 0 saturated carbocycles. The average Bonchev–Trinajstić information content (AvgIpc) is 2.73. The van der Waals surface area contributed by atoms with Gasteiger partial charge in [0.1, 0.15) is 13.3 Å². The number of nitrogens with zero attached hydrogens (tertiary/aromatic N) is 1. The average molecular weight is 285 g/mol. The van der Waals surface area contributed by atoms with Crippen LogP contribution in [0.15, 0.2) is 0 Å². The van der Waals surface area contributed by atoms with E-state index in [-0.39, 0.29) is 25.0 Å². The molecule has 1 rings (SSSR count). The molecule has 0 aromatic carbocycles. The number of alkyl halides is 1. The van der Waals surface area contributed by atoms with Gasteiger partial charge in [0.2, 0.25) is 0 Å². The monoisotopic (exact) mass is 285 g/mol. The summed E-state index contributed by atoms with van der Waals surface area (Å²) in [6.07, 6.45) is 0.138. The quantitative estimate of drug-likeness (QED) is 0.673. The fourth-order valence-electron chi connectivity index (χ4n) is 1.22. The normalized spacial score (nSPS) is 21.1. The molecule has 0 spiro atoms. The van der Waals surface area contributed by atoms with E-state index in [2.05, 4.69) is 0 Å². The lowest BCUT2D eigenvalue weighted by molar-refractivity contribution is 0.166. The SMILES string of the molecule is CCC(C)SP(=O)(OCCF)N1CCOC1=O. The number of carbonyl (C=O) groups excluding carboxylic acids is 1. The van der Waals surface area contributed by atoms with Crippen LogP contribution in [-0.4, -0.2) is 42.4 Å². The van der Waals surface area contributed by atoms with Gasteiger partial charge in [-0.3, -0.25) is 4.57 Å². The van der Waals surface area contributed by atoms with Crippen LogP contribution in [0.2, 0.25) is 0 Å². The first-order chi connectivity index (χ1) is 8.03. The van der Waals surface area contributed by atoms with Crippen molar-refractivity contribution in [2.24, 2.45) is 0 Å². The molecule has 2 unspecified atom stereocenters. The summed E-state index contributed by atoms with van der Waals surface area (Å²) in [7, 11) is 0. The Bertz CT molecular complexity index is 317. The second-order valence-electron chi connectivity index (χ2n) is 3.55. The zero-order valence-electron chi connectivity index (χ0n) is 9.93.